The molecule has 4 nitrogen and oxygen atoms in total. The van der Waals surface area contributed by atoms with E-state index in [4.69, 9.17) is 4.74 Å². The summed E-state index contributed by atoms with van der Waals surface area (Å²) in [7, 11) is 0. The number of nitrogens with one attached hydrogen (secondary N) is 2. The third-order valence-electron chi connectivity index (χ3n) is 3.22. The lowest BCUT2D eigenvalue weighted by Crippen LogP contribution is -2.43. The molecule has 0 saturated carbocycles. The number of rotatable bonds is 8. The van der Waals surface area contributed by atoms with E-state index < -0.39 is 5.60 Å². The van der Waals surface area contributed by atoms with E-state index in [-0.39, 0.29) is 12.1 Å². The molecule has 0 fully saturated rings. The van der Waals surface area contributed by atoms with E-state index in [1.165, 1.54) is 5.56 Å². The molecular weight excluding hydrogens is 276 g/mol. The average molecular weight is 306 g/mol. The van der Waals surface area contributed by atoms with Crippen molar-refractivity contribution in [2.24, 2.45) is 0 Å². The highest BCUT2D eigenvalue weighted by molar-refractivity contribution is 5.67. The molecule has 22 heavy (non-hydrogen) atoms. The molecule has 1 atom stereocenters. The van der Waals surface area contributed by atoms with Gasteiger partial charge in [-0.1, -0.05) is 43.7 Å². The minimum absolute atomic E-state index is 0.279. The first-order valence-electron chi connectivity index (χ1n) is 8.15. The molecule has 0 bridgehead atoms. The van der Waals surface area contributed by atoms with Crippen LogP contribution in [0, 0.1) is 0 Å². The first-order valence-corrected chi connectivity index (χ1v) is 8.15. The van der Waals surface area contributed by atoms with Crippen LogP contribution in [0.2, 0.25) is 0 Å². The first kappa shape index (κ1) is 18.5. The van der Waals surface area contributed by atoms with Crippen LogP contribution in [0.15, 0.2) is 30.3 Å². The zero-order valence-corrected chi connectivity index (χ0v) is 14.3. The lowest BCUT2D eigenvalue weighted by molar-refractivity contribution is 0.0522. The number of amides is 1. The van der Waals surface area contributed by atoms with Gasteiger partial charge in [0.1, 0.15) is 5.60 Å². The Balaban J connectivity index is 2.31. The van der Waals surface area contributed by atoms with Crippen LogP contribution >= 0.6 is 0 Å². The number of benzene rings is 1. The number of ether oxygens (including phenoxy) is 1. The first-order chi connectivity index (χ1) is 10.4. The van der Waals surface area contributed by atoms with Crippen LogP contribution in [0.3, 0.4) is 0 Å². The molecule has 124 valence electrons. The fourth-order valence-electron chi connectivity index (χ4n) is 2.21. The molecule has 0 aliphatic rings. The van der Waals surface area contributed by atoms with Crippen molar-refractivity contribution in [2.45, 2.75) is 58.6 Å². The van der Waals surface area contributed by atoms with Gasteiger partial charge in [-0.3, -0.25) is 0 Å². The second-order valence-corrected chi connectivity index (χ2v) is 6.56. The second-order valence-electron chi connectivity index (χ2n) is 6.56. The van der Waals surface area contributed by atoms with E-state index >= 15 is 0 Å². The van der Waals surface area contributed by atoms with Crippen LogP contribution in [-0.2, 0) is 11.2 Å². The van der Waals surface area contributed by atoms with E-state index in [0.29, 0.717) is 6.54 Å². The van der Waals surface area contributed by atoms with Gasteiger partial charge in [0.05, 0.1) is 0 Å². The van der Waals surface area contributed by atoms with Crippen LogP contribution in [0.1, 0.15) is 46.1 Å². The topological polar surface area (TPSA) is 50.4 Å². The van der Waals surface area contributed by atoms with Crippen LogP contribution < -0.4 is 10.6 Å². The van der Waals surface area contributed by atoms with Gasteiger partial charge >= 0.3 is 6.09 Å². The van der Waals surface area contributed by atoms with Gasteiger partial charge in [0.25, 0.3) is 0 Å². The molecule has 1 unspecified atom stereocenters. The summed E-state index contributed by atoms with van der Waals surface area (Å²) in [5, 5.41) is 6.37. The van der Waals surface area contributed by atoms with Gasteiger partial charge in [0.2, 0.25) is 0 Å². The lowest BCUT2D eigenvalue weighted by Gasteiger charge is -2.22. The molecule has 0 aliphatic carbocycles. The van der Waals surface area contributed by atoms with Gasteiger partial charge < -0.3 is 15.4 Å². The Kier molecular flexibility index (Phi) is 7.96. The van der Waals surface area contributed by atoms with Crippen LogP contribution in [0.5, 0.6) is 0 Å². The Morgan fingerprint density at radius 2 is 1.91 bits per heavy atom. The Hall–Kier alpha value is -1.55. The summed E-state index contributed by atoms with van der Waals surface area (Å²) < 4.78 is 5.26. The normalized spacial score (nSPS) is 12.7. The summed E-state index contributed by atoms with van der Waals surface area (Å²) in [6.07, 6.45) is 2.76. The molecule has 0 aliphatic heterocycles. The van der Waals surface area contributed by atoms with E-state index in [1.807, 2.05) is 26.8 Å². The lowest BCUT2D eigenvalue weighted by atomic mass is 10.1. The molecule has 1 amide bonds. The third kappa shape index (κ3) is 8.67. The maximum atomic E-state index is 11.7. The van der Waals surface area contributed by atoms with E-state index in [2.05, 4.69) is 41.8 Å². The van der Waals surface area contributed by atoms with Crippen molar-refractivity contribution in [1.82, 2.24) is 10.6 Å². The molecule has 1 aromatic carbocycles. The standard InChI is InChI=1S/C18H30N2O2/c1-5-9-16(14-20-17(21)22-18(2,3)4)19-13-12-15-10-7-6-8-11-15/h6-8,10-11,16,19H,5,9,12-14H2,1-4H3,(H,20,21). The largest absolute Gasteiger partial charge is 0.444 e. The van der Waals surface area contributed by atoms with Crippen molar-refractivity contribution in [3.05, 3.63) is 35.9 Å². The van der Waals surface area contributed by atoms with Crippen molar-refractivity contribution in [3.63, 3.8) is 0 Å². The van der Waals surface area contributed by atoms with E-state index in [0.717, 1.165) is 25.8 Å². The molecular formula is C18H30N2O2. The SMILES string of the molecule is CCCC(CNC(=O)OC(C)(C)C)NCCc1ccccc1. The van der Waals surface area contributed by atoms with Crippen molar-refractivity contribution < 1.29 is 9.53 Å². The molecule has 0 heterocycles. The highest BCUT2D eigenvalue weighted by Crippen LogP contribution is 2.06. The van der Waals surface area contributed by atoms with Gasteiger partial charge in [0, 0.05) is 12.6 Å². The second kappa shape index (κ2) is 9.46. The van der Waals surface area contributed by atoms with Gasteiger partial charge in [-0.05, 0) is 45.7 Å². The van der Waals surface area contributed by atoms with Gasteiger partial charge in [-0.2, -0.15) is 0 Å². The zero-order chi connectivity index (χ0) is 16.4. The summed E-state index contributed by atoms with van der Waals surface area (Å²) in [5.74, 6) is 0. The quantitative estimate of drug-likeness (QED) is 0.772. The zero-order valence-electron chi connectivity index (χ0n) is 14.3. The van der Waals surface area contributed by atoms with E-state index in [1.54, 1.807) is 0 Å². The number of carbonyl (C=O) groups is 1. The van der Waals surface area contributed by atoms with Gasteiger partial charge in [0.15, 0.2) is 0 Å². The van der Waals surface area contributed by atoms with Crippen molar-refractivity contribution in [3.8, 4) is 0 Å². The molecule has 0 radical (unpaired) electrons. The third-order valence-corrected chi connectivity index (χ3v) is 3.22. The number of alkyl carbamates (subject to hydrolysis) is 1. The maximum absolute atomic E-state index is 11.7. The number of hydrogen-bond donors (Lipinski definition) is 2. The summed E-state index contributed by atoms with van der Waals surface area (Å²) >= 11 is 0. The summed E-state index contributed by atoms with van der Waals surface area (Å²) in [6, 6.07) is 10.7. The van der Waals surface area contributed by atoms with Crippen LogP contribution in [0.25, 0.3) is 0 Å². The van der Waals surface area contributed by atoms with Gasteiger partial charge in [-0.15, -0.1) is 0 Å². The van der Waals surface area contributed by atoms with Crippen LogP contribution in [-0.4, -0.2) is 30.8 Å². The monoisotopic (exact) mass is 306 g/mol. The Morgan fingerprint density at radius 3 is 2.50 bits per heavy atom. The highest BCUT2D eigenvalue weighted by Gasteiger charge is 2.17. The maximum Gasteiger partial charge on any atom is 0.407 e. The number of carbonyl (C=O) groups excluding carboxylic acids is 1. The average Bonchev–Trinajstić information content (AvgIpc) is 2.44. The minimum atomic E-state index is -0.453. The molecule has 1 aromatic rings. The van der Waals surface area contributed by atoms with Crippen molar-refractivity contribution in [2.75, 3.05) is 13.1 Å². The summed E-state index contributed by atoms with van der Waals surface area (Å²) in [4.78, 5) is 11.7. The van der Waals surface area contributed by atoms with Crippen LogP contribution in [0.4, 0.5) is 4.79 Å². The molecule has 0 spiro atoms. The number of hydrogen-bond acceptors (Lipinski definition) is 3. The predicted octanol–water partition coefficient (Wildman–Crippen LogP) is 3.51. The molecule has 1 rings (SSSR count). The Labute approximate surface area is 134 Å². The van der Waals surface area contributed by atoms with E-state index in [9.17, 15) is 4.79 Å². The highest BCUT2D eigenvalue weighted by atomic mass is 16.6. The molecule has 0 saturated heterocycles. The summed E-state index contributed by atoms with van der Waals surface area (Å²) in [5.41, 5.74) is 0.871. The fourth-order valence-corrected chi connectivity index (χ4v) is 2.21. The Morgan fingerprint density at radius 1 is 1.23 bits per heavy atom. The Bertz CT molecular complexity index is 426. The van der Waals surface area contributed by atoms with Crippen molar-refractivity contribution in [1.29, 1.82) is 0 Å². The van der Waals surface area contributed by atoms with Gasteiger partial charge in [-0.25, -0.2) is 4.79 Å². The predicted molar refractivity (Wildman–Crippen MR) is 91.1 cm³/mol. The molecule has 4 heteroatoms. The van der Waals surface area contributed by atoms with Crippen molar-refractivity contribution >= 4 is 6.09 Å². The smallest absolute Gasteiger partial charge is 0.407 e. The minimum Gasteiger partial charge on any atom is -0.444 e. The summed E-state index contributed by atoms with van der Waals surface area (Å²) in [6.45, 7) is 9.26. The molecule has 0 aromatic heterocycles. The molecule has 2 N–H and O–H groups in total. The fraction of sp³-hybridized carbons (Fsp3) is 0.611.